The van der Waals surface area contributed by atoms with E-state index >= 15 is 0 Å². The van der Waals surface area contributed by atoms with E-state index in [1.165, 1.54) is 31.2 Å². The van der Waals surface area contributed by atoms with Crippen LogP contribution in [-0.4, -0.2) is 50.2 Å². The van der Waals surface area contributed by atoms with E-state index in [2.05, 4.69) is 85.0 Å². The largest absolute Gasteiger partial charge is 0.413 e. The quantitative estimate of drug-likeness (QED) is 0.347. The molecule has 10 atom stereocenters. The lowest BCUT2D eigenvalue weighted by Gasteiger charge is -2.65. The lowest BCUT2D eigenvalue weighted by Crippen LogP contribution is -2.68. The monoisotopic (exact) mass is 584 g/mol. The lowest BCUT2D eigenvalue weighted by molar-refractivity contribution is -0.240. The number of aliphatic hydroxyl groups is 1. The van der Waals surface area contributed by atoms with Crippen LogP contribution in [0.15, 0.2) is 30.3 Å². The molecule has 41 heavy (non-hydrogen) atoms. The van der Waals surface area contributed by atoms with Gasteiger partial charge in [-0.1, -0.05) is 70.9 Å². The highest BCUT2D eigenvalue weighted by atomic mass is 28.4. The molecule has 4 saturated carbocycles. The van der Waals surface area contributed by atoms with Gasteiger partial charge in [0.1, 0.15) is 0 Å². The first-order chi connectivity index (χ1) is 19.2. The Morgan fingerprint density at radius 3 is 2.34 bits per heavy atom. The standard InChI is InChI=1S/C35H56O5Si/c1-32(2,3)41(7,8)40-27-18-17-24-28-29(26(20-35(24,27)22-36)37-21-23-14-10-9-11-15-23)34(6)19-13-12-16-25(34)30-31(28)39-33(4,5)38-30/h9-11,14-15,24-31,36H,12-13,16-22H2,1-8H3/t24?,25?,26?,27?,28?,29?,30?,31?,34-,35?/m0/s1. The van der Waals surface area contributed by atoms with Gasteiger partial charge in [0.25, 0.3) is 0 Å². The van der Waals surface area contributed by atoms with Crippen LogP contribution in [0.1, 0.15) is 92.1 Å². The summed E-state index contributed by atoms with van der Waals surface area (Å²) < 4.78 is 28.1. The van der Waals surface area contributed by atoms with Crippen LogP contribution in [0.4, 0.5) is 0 Å². The number of benzene rings is 1. The molecule has 0 bridgehead atoms. The van der Waals surface area contributed by atoms with Crippen LogP contribution in [0.3, 0.4) is 0 Å². The summed E-state index contributed by atoms with van der Waals surface area (Å²) in [5.41, 5.74) is 1.02. The molecule has 1 heterocycles. The van der Waals surface area contributed by atoms with E-state index in [0.717, 1.165) is 19.3 Å². The van der Waals surface area contributed by atoms with Crippen LogP contribution in [0.2, 0.25) is 18.1 Å². The lowest BCUT2D eigenvalue weighted by atomic mass is 9.43. The Morgan fingerprint density at radius 2 is 1.66 bits per heavy atom. The van der Waals surface area contributed by atoms with Crippen molar-refractivity contribution in [3.05, 3.63) is 35.9 Å². The molecule has 1 aromatic carbocycles. The van der Waals surface area contributed by atoms with Gasteiger partial charge in [-0.25, -0.2) is 0 Å². The van der Waals surface area contributed by atoms with Crippen molar-refractivity contribution in [2.45, 2.75) is 141 Å². The molecule has 5 aliphatic rings. The number of hydrogen-bond donors (Lipinski definition) is 1. The van der Waals surface area contributed by atoms with Gasteiger partial charge in [-0.2, -0.15) is 0 Å². The minimum absolute atomic E-state index is 0.0387. The summed E-state index contributed by atoms with van der Waals surface area (Å²) in [6.45, 7) is 19.2. The molecule has 0 radical (unpaired) electrons. The summed E-state index contributed by atoms with van der Waals surface area (Å²) >= 11 is 0. The van der Waals surface area contributed by atoms with Gasteiger partial charge in [-0.15, -0.1) is 0 Å². The molecular weight excluding hydrogens is 528 g/mol. The van der Waals surface area contributed by atoms with Crippen molar-refractivity contribution in [2.24, 2.45) is 34.5 Å². The average Bonchev–Trinajstić information content (AvgIpc) is 3.43. The minimum atomic E-state index is -2.05. The van der Waals surface area contributed by atoms with Crippen molar-refractivity contribution >= 4 is 8.32 Å². The molecule has 4 aliphatic carbocycles. The van der Waals surface area contributed by atoms with E-state index in [-0.39, 0.29) is 52.8 Å². The molecule has 6 heteroatoms. The Hall–Kier alpha value is -0.763. The normalized spacial score (nSPS) is 43.6. The number of ether oxygens (including phenoxy) is 3. The van der Waals surface area contributed by atoms with Crippen LogP contribution >= 0.6 is 0 Å². The summed E-state index contributed by atoms with van der Waals surface area (Å²) in [7, 11) is -2.05. The Morgan fingerprint density at radius 1 is 0.951 bits per heavy atom. The first kappa shape index (κ1) is 30.3. The zero-order valence-electron chi connectivity index (χ0n) is 26.9. The highest BCUT2D eigenvalue weighted by Crippen LogP contribution is 2.69. The fraction of sp³-hybridized carbons (Fsp3) is 0.829. The predicted octanol–water partition coefficient (Wildman–Crippen LogP) is 7.72. The summed E-state index contributed by atoms with van der Waals surface area (Å²) in [4.78, 5) is 0. The van der Waals surface area contributed by atoms with Crippen LogP contribution in [0.5, 0.6) is 0 Å². The highest BCUT2D eigenvalue weighted by molar-refractivity contribution is 6.74. The highest BCUT2D eigenvalue weighted by Gasteiger charge is 2.71. The van der Waals surface area contributed by atoms with Crippen molar-refractivity contribution in [1.82, 2.24) is 0 Å². The third-order valence-corrected chi connectivity index (χ3v) is 17.3. The Kier molecular flexibility index (Phi) is 7.69. The van der Waals surface area contributed by atoms with Crippen molar-refractivity contribution in [1.29, 1.82) is 0 Å². The zero-order chi connectivity index (χ0) is 29.4. The summed E-state index contributed by atoms with van der Waals surface area (Å²) in [6, 6.07) is 10.6. The van der Waals surface area contributed by atoms with Crippen LogP contribution in [0.25, 0.3) is 0 Å². The Bertz CT molecular complexity index is 1080. The molecule has 1 aromatic rings. The van der Waals surface area contributed by atoms with Gasteiger partial charge < -0.3 is 23.7 Å². The molecular formula is C35H56O5Si. The van der Waals surface area contributed by atoms with Gasteiger partial charge >= 0.3 is 0 Å². The predicted molar refractivity (Wildman–Crippen MR) is 165 cm³/mol. The van der Waals surface area contributed by atoms with Crippen LogP contribution in [0, 0.1) is 34.5 Å². The van der Waals surface area contributed by atoms with Crippen molar-refractivity contribution in [3.63, 3.8) is 0 Å². The average molecular weight is 585 g/mol. The van der Waals surface area contributed by atoms with E-state index in [0.29, 0.717) is 24.4 Å². The topological polar surface area (TPSA) is 57.2 Å². The fourth-order valence-electron chi connectivity index (χ4n) is 10.00. The second-order valence-corrected chi connectivity index (χ2v) is 21.3. The Balaban J connectivity index is 1.43. The molecule has 5 fully saturated rings. The smallest absolute Gasteiger partial charge is 0.192 e. The van der Waals surface area contributed by atoms with E-state index in [9.17, 15) is 5.11 Å². The maximum atomic E-state index is 11.5. The van der Waals surface area contributed by atoms with E-state index in [1.807, 2.05) is 0 Å². The number of fused-ring (bicyclic) bond motifs is 8. The van der Waals surface area contributed by atoms with Gasteiger partial charge in [-0.3, -0.25) is 0 Å². The van der Waals surface area contributed by atoms with E-state index in [4.69, 9.17) is 18.6 Å². The SMILES string of the molecule is CC1(C)OC2C(O1)C1CCCC[C@]1(C)C1C(OCc3ccccc3)CC3(CO)C(O[Si](C)(C)C(C)(C)C)CCC3C21. The molecule has 230 valence electrons. The zero-order valence-corrected chi connectivity index (χ0v) is 27.9. The molecule has 5 nitrogen and oxygen atoms in total. The first-order valence-corrected chi connectivity index (χ1v) is 19.4. The Labute approximate surface area is 250 Å². The molecule has 6 rings (SSSR count). The maximum absolute atomic E-state index is 11.5. The first-order valence-electron chi connectivity index (χ1n) is 16.5. The van der Waals surface area contributed by atoms with Gasteiger partial charge in [0, 0.05) is 5.41 Å². The van der Waals surface area contributed by atoms with Crippen molar-refractivity contribution in [2.75, 3.05) is 6.61 Å². The molecule has 0 spiro atoms. The van der Waals surface area contributed by atoms with Gasteiger partial charge in [-0.05, 0) is 98.7 Å². The third kappa shape index (κ3) is 4.91. The molecule has 1 saturated heterocycles. The molecule has 0 amide bonds. The number of rotatable bonds is 6. The van der Waals surface area contributed by atoms with Crippen LogP contribution < -0.4 is 0 Å². The summed E-state index contributed by atoms with van der Waals surface area (Å²) in [5.74, 6) is 0.906. The van der Waals surface area contributed by atoms with Crippen LogP contribution in [-0.2, 0) is 25.2 Å². The van der Waals surface area contributed by atoms with Gasteiger partial charge in [0.05, 0.1) is 37.6 Å². The van der Waals surface area contributed by atoms with E-state index < -0.39 is 14.1 Å². The number of hydrogen-bond acceptors (Lipinski definition) is 5. The van der Waals surface area contributed by atoms with Gasteiger partial charge in [0.2, 0.25) is 0 Å². The third-order valence-electron chi connectivity index (χ3n) is 12.9. The molecule has 1 N–H and O–H groups in total. The van der Waals surface area contributed by atoms with Gasteiger partial charge in [0.15, 0.2) is 14.1 Å². The fourth-order valence-corrected chi connectivity index (χ4v) is 11.4. The molecule has 9 unspecified atom stereocenters. The summed E-state index contributed by atoms with van der Waals surface area (Å²) in [5, 5.41) is 11.6. The maximum Gasteiger partial charge on any atom is 0.192 e. The molecule has 1 aliphatic heterocycles. The van der Waals surface area contributed by atoms with Crippen molar-refractivity contribution in [3.8, 4) is 0 Å². The number of aliphatic hydroxyl groups excluding tert-OH is 1. The van der Waals surface area contributed by atoms with Crippen molar-refractivity contribution < 1.29 is 23.7 Å². The second-order valence-electron chi connectivity index (χ2n) is 16.5. The minimum Gasteiger partial charge on any atom is -0.413 e. The second kappa shape index (κ2) is 10.4. The van der Waals surface area contributed by atoms with E-state index in [1.54, 1.807) is 0 Å². The molecule has 0 aromatic heterocycles. The summed E-state index contributed by atoms with van der Waals surface area (Å²) in [6.07, 6.45) is 8.18.